The molecule has 0 spiro atoms. The van der Waals surface area contributed by atoms with E-state index < -0.39 is 0 Å². The zero-order valence-corrected chi connectivity index (χ0v) is 15.0. The molecule has 0 aliphatic rings. The summed E-state index contributed by atoms with van der Waals surface area (Å²) in [5.41, 5.74) is 4.59. The summed E-state index contributed by atoms with van der Waals surface area (Å²) < 4.78 is 3.20. The molecule has 0 radical (unpaired) electrons. The topological polar surface area (TPSA) is 79.4 Å². The van der Waals surface area contributed by atoms with Crippen LogP contribution in [-0.4, -0.2) is 19.1 Å². The molecule has 0 fully saturated rings. The molecule has 0 saturated carbocycles. The van der Waals surface area contributed by atoms with E-state index in [1.54, 1.807) is 29.3 Å². The third-order valence-electron chi connectivity index (χ3n) is 4.37. The number of hydrogen-bond acceptors (Lipinski definition) is 3. The first-order valence-electron chi connectivity index (χ1n) is 7.81. The van der Waals surface area contributed by atoms with Gasteiger partial charge in [-0.3, -0.25) is 9.13 Å². The van der Waals surface area contributed by atoms with Crippen LogP contribution in [0.1, 0.15) is 11.4 Å². The molecule has 2 aromatic carbocycles. The van der Waals surface area contributed by atoms with Crippen molar-refractivity contribution >= 4 is 46.1 Å². The van der Waals surface area contributed by atoms with E-state index in [4.69, 9.17) is 0 Å². The maximum absolute atomic E-state index is 12.0. The van der Waals surface area contributed by atoms with Gasteiger partial charge >= 0.3 is 5.69 Å². The Kier molecular flexibility index (Phi) is 4.41. The van der Waals surface area contributed by atoms with Gasteiger partial charge in [-0.2, -0.15) is 5.26 Å². The minimum atomic E-state index is -0.0751. The van der Waals surface area contributed by atoms with Crippen molar-refractivity contribution in [3.63, 3.8) is 0 Å². The molecule has 0 aliphatic heterocycles. The molecule has 0 saturated heterocycles. The first kappa shape index (κ1) is 17.5. The van der Waals surface area contributed by atoms with Crippen LogP contribution >= 0.6 is 12.4 Å². The summed E-state index contributed by atoms with van der Waals surface area (Å²) in [6.45, 7) is 0. The molecule has 4 rings (SSSR count). The zero-order chi connectivity index (χ0) is 17.6. The zero-order valence-electron chi connectivity index (χ0n) is 14.2. The van der Waals surface area contributed by atoms with Crippen molar-refractivity contribution in [2.24, 2.45) is 14.1 Å². The van der Waals surface area contributed by atoms with Gasteiger partial charge in [-0.05, 0) is 35.9 Å². The highest BCUT2D eigenvalue weighted by Crippen LogP contribution is 2.21. The Morgan fingerprint density at radius 3 is 2.62 bits per heavy atom. The van der Waals surface area contributed by atoms with E-state index >= 15 is 0 Å². The van der Waals surface area contributed by atoms with Crippen LogP contribution in [0.4, 0.5) is 0 Å². The van der Waals surface area contributed by atoms with Crippen molar-refractivity contribution in [2.75, 3.05) is 0 Å². The number of H-pyrrole nitrogens is 1. The van der Waals surface area contributed by atoms with Crippen LogP contribution in [0.5, 0.6) is 0 Å². The van der Waals surface area contributed by atoms with Crippen molar-refractivity contribution in [1.82, 2.24) is 19.1 Å². The van der Waals surface area contributed by atoms with Crippen LogP contribution in [0.2, 0.25) is 0 Å². The van der Waals surface area contributed by atoms with Gasteiger partial charge in [0.1, 0.15) is 11.9 Å². The standard InChI is InChI=1S/C19H15N5O.ClH/c1-23-16-8-7-12(10-17(16)24(2)19(23)25)9-13(11-20)18-21-14-5-3-4-6-15(14)22-18;/h3-10H,1-2H3,(H,21,22);1H/b13-9+;. The quantitative estimate of drug-likeness (QED) is 0.554. The number of para-hydroxylation sites is 2. The summed E-state index contributed by atoms with van der Waals surface area (Å²) in [6.07, 6.45) is 1.77. The Morgan fingerprint density at radius 2 is 1.88 bits per heavy atom. The predicted octanol–water partition coefficient (Wildman–Crippen LogP) is 3.24. The SMILES string of the molecule is Cl.Cn1c(=O)n(C)c2cc(/C=C(\C#N)c3nc4ccccc4[nH]3)ccc21. The highest BCUT2D eigenvalue weighted by atomic mass is 35.5. The van der Waals surface area contributed by atoms with Crippen LogP contribution in [0, 0.1) is 11.3 Å². The van der Waals surface area contributed by atoms with Crippen LogP contribution in [-0.2, 0) is 14.1 Å². The second kappa shape index (κ2) is 6.54. The molecule has 0 atom stereocenters. The average molecular weight is 366 g/mol. The van der Waals surface area contributed by atoms with Gasteiger partial charge in [-0.1, -0.05) is 18.2 Å². The second-order valence-corrected chi connectivity index (χ2v) is 5.92. The van der Waals surface area contributed by atoms with E-state index in [1.807, 2.05) is 42.5 Å². The van der Waals surface area contributed by atoms with Crippen LogP contribution in [0.15, 0.2) is 47.3 Å². The van der Waals surface area contributed by atoms with E-state index in [0.29, 0.717) is 11.4 Å². The fourth-order valence-corrected chi connectivity index (χ4v) is 3.01. The number of nitrogens with one attached hydrogen (secondary N) is 1. The minimum absolute atomic E-state index is 0. The van der Waals surface area contributed by atoms with Gasteiger partial charge in [-0.25, -0.2) is 9.78 Å². The molecule has 7 heteroatoms. The van der Waals surface area contributed by atoms with Crippen molar-refractivity contribution in [3.05, 3.63) is 64.3 Å². The van der Waals surface area contributed by atoms with E-state index in [-0.39, 0.29) is 18.1 Å². The van der Waals surface area contributed by atoms with Gasteiger partial charge in [0, 0.05) is 14.1 Å². The third kappa shape index (κ3) is 2.68. The lowest BCUT2D eigenvalue weighted by atomic mass is 10.1. The number of imidazole rings is 2. The molecular weight excluding hydrogens is 350 g/mol. The second-order valence-electron chi connectivity index (χ2n) is 5.92. The fourth-order valence-electron chi connectivity index (χ4n) is 3.01. The Labute approximate surface area is 155 Å². The molecule has 1 N–H and O–H groups in total. The van der Waals surface area contributed by atoms with Gasteiger partial charge in [0.15, 0.2) is 0 Å². The molecule has 130 valence electrons. The number of rotatable bonds is 2. The smallest absolute Gasteiger partial charge is 0.328 e. The van der Waals surface area contributed by atoms with Crippen molar-refractivity contribution in [3.8, 4) is 6.07 Å². The van der Waals surface area contributed by atoms with Gasteiger partial charge in [0.05, 0.1) is 27.6 Å². The van der Waals surface area contributed by atoms with Crippen LogP contribution in [0.25, 0.3) is 33.7 Å². The van der Waals surface area contributed by atoms with Crippen LogP contribution in [0.3, 0.4) is 0 Å². The van der Waals surface area contributed by atoms with Gasteiger partial charge in [0.2, 0.25) is 0 Å². The summed E-state index contributed by atoms with van der Waals surface area (Å²) in [5.74, 6) is 0.533. The molecule has 0 amide bonds. The number of nitriles is 1. The largest absolute Gasteiger partial charge is 0.337 e. The summed E-state index contributed by atoms with van der Waals surface area (Å²) >= 11 is 0. The highest BCUT2D eigenvalue weighted by molar-refractivity contribution is 5.91. The first-order chi connectivity index (χ1) is 12.1. The average Bonchev–Trinajstić information content (AvgIpc) is 3.15. The summed E-state index contributed by atoms with van der Waals surface area (Å²) in [4.78, 5) is 19.7. The minimum Gasteiger partial charge on any atom is -0.337 e. The molecule has 4 aromatic rings. The summed E-state index contributed by atoms with van der Waals surface area (Å²) in [7, 11) is 3.48. The van der Waals surface area contributed by atoms with E-state index in [0.717, 1.165) is 27.6 Å². The number of nitrogens with zero attached hydrogens (tertiary/aromatic N) is 4. The Bertz CT molecular complexity index is 1220. The number of aryl methyl sites for hydroxylation is 2. The lowest BCUT2D eigenvalue weighted by Gasteiger charge is -1.99. The Morgan fingerprint density at radius 1 is 1.15 bits per heavy atom. The number of aromatic amines is 1. The number of fused-ring (bicyclic) bond motifs is 2. The maximum Gasteiger partial charge on any atom is 0.328 e. The van der Waals surface area contributed by atoms with Gasteiger partial charge < -0.3 is 4.98 Å². The lowest BCUT2D eigenvalue weighted by Crippen LogP contribution is -2.19. The van der Waals surface area contributed by atoms with E-state index in [1.165, 1.54) is 0 Å². The number of allylic oxidation sites excluding steroid dienone is 1. The molecule has 2 heterocycles. The van der Waals surface area contributed by atoms with Crippen molar-refractivity contribution in [1.29, 1.82) is 5.26 Å². The van der Waals surface area contributed by atoms with Crippen molar-refractivity contribution < 1.29 is 0 Å². The Hall–Kier alpha value is -3.30. The van der Waals surface area contributed by atoms with Gasteiger partial charge in [0.25, 0.3) is 0 Å². The predicted molar refractivity (Wildman–Crippen MR) is 105 cm³/mol. The number of benzene rings is 2. The molecule has 26 heavy (non-hydrogen) atoms. The number of halogens is 1. The normalized spacial score (nSPS) is 11.5. The summed E-state index contributed by atoms with van der Waals surface area (Å²) in [6, 6.07) is 15.5. The molecule has 0 aliphatic carbocycles. The number of aromatic nitrogens is 4. The van der Waals surface area contributed by atoms with Crippen molar-refractivity contribution in [2.45, 2.75) is 0 Å². The summed E-state index contributed by atoms with van der Waals surface area (Å²) in [5, 5.41) is 9.54. The Balaban J connectivity index is 0.00000196. The van der Waals surface area contributed by atoms with Gasteiger partial charge in [-0.15, -0.1) is 12.4 Å². The molecule has 0 bridgehead atoms. The molecular formula is C19H16ClN5O. The van der Waals surface area contributed by atoms with E-state index in [2.05, 4.69) is 16.0 Å². The molecule has 2 aromatic heterocycles. The monoisotopic (exact) mass is 365 g/mol. The fraction of sp³-hybridized carbons (Fsp3) is 0.105. The number of hydrogen-bond donors (Lipinski definition) is 1. The third-order valence-corrected chi connectivity index (χ3v) is 4.37. The highest BCUT2D eigenvalue weighted by Gasteiger charge is 2.10. The lowest BCUT2D eigenvalue weighted by molar-refractivity contribution is 0.795. The first-order valence-corrected chi connectivity index (χ1v) is 7.81. The molecule has 6 nitrogen and oxygen atoms in total. The maximum atomic E-state index is 12.0. The molecule has 0 unspecified atom stereocenters. The van der Waals surface area contributed by atoms with E-state index in [9.17, 15) is 10.1 Å². The van der Waals surface area contributed by atoms with Crippen LogP contribution < -0.4 is 5.69 Å².